The predicted octanol–water partition coefficient (Wildman–Crippen LogP) is 2.35. The Balaban J connectivity index is 1.96. The lowest BCUT2D eigenvalue weighted by Crippen LogP contribution is -2.30. The molecule has 2 aromatic rings. The molecule has 2 N–H and O–H groups in total. The smallest absolute Gasteiger partial charge is 0.407 e. The van der Waals surface area contributed by atoms with Crippen molar-refractivity contribution in [2.24, 2.45) is 0 Å². The fourth-order valence-corrected chi connectivity index (χ4v) is 2.07. The number of aliphatic carboxylic acids is 1. The number of benzene rings is 1. The van der Waals surface area contributed by atoms with Gasteiger partial charge in [0.1, 0.15) is 6.61 Å². The van der Waals surface area contributed by atoms with Crippen LogP contribution in [0, 0.1) is 0 Å². The zero-order valence-electron chi connectivity index (χ0n) is 12.8. The lowest BCUT2D eigenvalue weighted by atomic mass is 10.1. The SMILES string of the molecule is CCn1cc([C@@H](CC(=O)O)NC(=O)OCc2ccccc2)cn1. The van der Waals surface area contributed by atoms with E-state index in [0.717, 1.165) is 5.56 Å². The van der Waals surface area contributed by atoms with Crippen LogP contribution in [0.5, 0.6) is 0 Å². The monoisotopic (exact) mass is 317 g/mol. The average molecular weight is 317 g/mol. The Morgan fingerprint density at radius 3 is 2.70 bits per heavy atom. The largest absolute Gasteiger partial charge is 0.481 e. The van der Waals surface area contributed by atoms with E-state index in [1.807, 2.05) is 37.3 Å². The van der Waals surface area contributed by atoms with Gasteiger partial charge >= 0.3 is 12.1 Å². The summed E-state index contributed by atoms with van der Waals surface area (Å²) in [4.78, 5) is 22.9. The summed E-state index contributed by atoms with van der Waals surface area (Å²) < 4.78 is 6.79. The van der Waals surface area contributed by atoms with E-state index in [-0.39, 0.29) is 13.0 Å². The van der Waals surface area contributed by atoms with E-state index in [9.17, 15) is 9.59 Å². The standard InChI is InChI=1S/C16H19N3O4/c1-2-19-10-13(9-17-19)14(8-15(20)21)18-16(22)23-11-12-6-4-3-5-7-12/h3-7,9-10,14H,2,8,11H2,1H3,(H,18,22)(H,20,21)/t14-/m1/s1. The summed E-state index contributed by atoms with van der Waals surface area (Å²) in [5.74, 6) is -1.01. The van der Waals surface area contributed by atoms with E-state index in [1.165, 1.54) is 0 Å². The van der Waals surface area contributed by atoms with E-state index in [1.54, 1.807) is 17.1 Å². The zero-order chi connectivity index (χ0) is 16.7. The highest BCUT2D eigenvalue weighted by Gasteiger charge is 2.20. The van der Waals surface area contributed by atoms with Crippen LogP contribution in [0.3, 0.4) is 0 Å². The second-order valence-corrected chi connectivity index (χ2v) is 4.99. The number of carboxylic acids is 1. The average Bonchev–Trinajstić information content (AvgIpc) is 3.02. The molecule has 1 aromatic carbocycles. The van der Waals surface area contributed by atoms with Crippen molar-refractivity contribution in [1.82, 2.24) is 15.1 Å². The van der Waals surface area contributed by atoms with E-state index in [2.05, 4.69) is 10.4 Å². The van der Waals surface area contributed by atoms with Crippen LogP contribution in [0.1, 0.15) is 30.5 Å². The minimum Gasteiger partial charge on any atom is -0.481 e. The highest BCUT2D eigenvalue weighted by molar-refractivity contribution is 5.71. The summed E-state index contributed by atoms with van der Waals surface area (Å²) in [6.07, 6.45) is 2.36. The number of carboxylic acid groups (broad SMARTS) is 1. The molecule has 0 saturated carbocycles. The molecule has 7 nitrogen and oxygen atoms in total. The van der Waals surface area contributed by atoms with Gasteiger partial charge in [0.2, 0.25) is 0 Å². The molecule has 0 fully saturated rings. The molecule has 1 amide bonds. The van der Waals surface area contributed by atoms with Crippen LogP contribution in [0.25, 0.3) is 0 Å². The maximum atomic E-state index is 11.9. The molecule has 0 unspecified atom stereocenters. The van der Waals surface area contributed by atoms with Gasteiger partial charge in [-0.25, -0.2) is 4.79 Å². The van der Waals surface area contributed by atoms with Gasteiger partial charge in [0, 0.05) is 18.3 Å². The van der Waals surface area contributed by atoms with Gasteiger partial charge in [0.05, 0.1) is 18.7 Å². The van der Waals surface area contributed by atoms with E-state index in [4.69, 9.17) is 9.84 Å². The molecule has 122 valence electrons. The van der Waals surface area contributed by atoms with Crippen molar-refractivity contribution in [3.05, 3.63) is 53.9 Å². The molecular weight excluding hydrogens is 298 g/mol. The van der Waals surface area contributed by atoms with Gasteiger partial charge in [-0.1, -0.05) is 30.3 Å². The van der Waals surface area contributed by atoms with Crippen molar-refractivity contribution in [3.63, 3.8) is 0 Å². The number of ether oxygens (including phenoxy) is 1. The van der Waals surface area contributed by atoms with Gasteiger partial charge in [-0.15, -0.1) is 0 Å². The number of nitrogens with one attached hydrogen (secondary N) is 1. The van der Waals surface area contributed by atoms with Crippen molar-refractivity contribution < 1.29 is 19.4 Å². The summed E-state index contributed by atoms with van der Waals surface area (Å²) >= 11 is 0. The molecule has 1 aromatic heterocycles. The second kappa shape index (κ2) is 7.98. The van der Waals surface area contributed by atoms with E-state index in [0.29, 0.717) is 12.1 Å². The minimum absolute atomic E-state index is 0.126. The molecule has 1 atom stereocenters. The maximum absolute atomic E-state index is 11.9. The number of aromatic nitrogens is 2. The molecule has 0 aliphatic heterocycles. The third-order valence-electron chi connectivity index (χ3n) is 3.26. The lowest BCUT2D eigenvalue weighted by molar-refractivity contribution is -0.137. The Morgan fingerprint density at radius 2 is 2.09 bits per heavy atom. The number of hydrogen-bond acceptors (Lipinski definition) is 4. The van der Waals surface area contributed by atoms with Crippen LogP contribution in [-0.4, -0.2) is 26.9 Å². The Morgan fingerprint density at radius 1 is 1.35 bits per heavy atom. The molecule has 0 spiro atoms. The number of hydrogen-bond donors (Lipinski definition) is 2. The highest BCUT2D eigenvalue weighted by atomic mass is 16.5. The van der Waals surface area contributed by atoms with Crippen molar-refractivity contribution in [3.8, 4) is 0 Å². The number of alkyl carbamates (subject to hydrolysis) is 1. The number of aryl methyl sites for hydroxylation is 1. The van der Waals surface area contributed by atoms with Crippen molar-refractivity contribution in [2.45, 2.75) is 32.5 Å². The summed E-state index contributed by atoms with van der Waals surface area (Å²) in [5.41, 5.74) is 1.49. The van der Waals surface area contributed by atoms with Crippen molar-refractivity contribution >= 4 is 12.1 Å². The molecule has 0 saturated heterocycles. The number of carbonyl (C=O) groups is 2. The first-order chi connectivity index (χ1) is 11.1. The fourth-order valence-electron chi connectivity index (χ4n) is 2.07. The maximum Gasteiger partial charge on any atom is 0.407 e. The Bertz CT molecular complexity index is 654. The van der Waals surface area contributed by atoms with Crippen LogP contribution in [0.15, 0.2) is 42.7 Å². The van der Waals surface area contributed by atoms with Crippen LogP contribution in [-0.2, 0) is 22.7 Å². The molecule has 2 rings (SSSR count). The zero-order valence-corrected chi connectivity index (χ0v) is 12.8. The first-order valence-corrected chi connectivity index (χ1v) is 7.30. The van der Waals surface area contributed by atoms with Crippen LogP contribution < -0.4 is 5.32 Å². The van der Waals surface area contributed by atoms with Gasteiger partial charge in [-0.2, -0.15) is 5.10 Å². The number of rotatable bonds is 7. The number of amides is 1. The summed E-state index contributed by atoms with van der Waals surface area (Å²) in [7, 11) is 0. The number of carbonyl (C=O) groups excluding carboxylic acids is 1. The summed E-state index contributed by atoms with van der Waals surface area (Å²) in [6.45, 7) is 2.71. The molecule has 0 bridgehead atoms. The van der Waals surface area contributed by atoms with Gasteiger partial charge in [-0.05, 0) is 12.5 Å². The fraction of sp³-hybridized carbons (Fsp3) is 0.312. The van der Waals surface area contributed by atoms with Crippen molar-refractivity contribution in [2.75, 3.05) is 0 Å². The Hall–Kier alpha value is -2.83. The second-order valence-electron chi connectivity index (χ2n) is 4.99. The molecule has 0 radical (unpaired) electrons. The van der Waals surface area contributed by atoms with Gasteiger partial charge in [-0.3, -0.25) is 9.48 Å². The quantitative estimate of drug-likeness (QED) is 0.817. The molecule has 0 aliphatic rings. The van der Waals surface area contributed by atoms with Gasteiger partial charge in [0.15, 0.2) is 0 Å². The van der Waals surface area contributed by atoms with E-state index >= 15 is 0 Å². The lowest BCUT2D eigenvalue weighted by Gasteiger charge is -2.15. The Kier molecular flexibility index (Phi) is 5.74. The van der Waals surface area contributed by atoms with Gasteiger partial charge in [0.25, 0.3) is 0 Å². The first kappa shape index (κ1) is 16.5. The molecule has 7 heteroatoms. The third-order valence-corrected chi connectivity index (χ3v) is 3.26. The summed E-state index contributed by atoms with van der Waals surface area (Å²) in [6, 6.07) is 8.57. The minimum atomic E-state index is -1.01. The van der Waals surface area contributed by atoms with Crippen molar-refractivity contribution in [1.29, 1.82) is 0 Å². The third kappa shape index (κ3) is 5.14. The van der Waals surface area contributed by atoms with E-state index < -0.39 is 18.1 Å². The normalized spacial score (nSPS) is 11.7. The highest BCUT2D eigenvalue weighted by Crippen LogP contribution is 2.16. The van der Waals surface area contributed by atoms with Crippen LogP contribution in [0.4, 0.5) is 4.79 Å². The first-order valence-electron chi connectivity index (χ1n) is 7.30. The van der Waals surface area contributed by atoms with Gasteiger partial charge < -0.3 is 15.2 Å². The topological polar surface area (TPSA) is 93.5 Å². The Labute approximate surface area is 133 Å². The predicted molar refractivity (Wildman–Crippen MR) is 82.7 cm³/mol. The van der Waals surface area contributed by atoms with Crippen LogP contribution in [0.2, 0.25) is 0 Å². The summed E-state index contributed by atoms with van der Waals surface area (Å²) in [5, 5.41) is 15.7. The number of nitrogens with zero attached hydrogens (tertiary/aromatic N) is 2. The molecule has 0 aliphatic carbocycles. The molecule has 23 heavy (non-hydrogen) atoms. The molecule has 1 heterocycles. The molecular formula is C16H19N3O4. The van der Waals surface area contributed by atoms with Crippen LogP contribution >= 0.6 is 0 Å².